The number of carbonyl (C=O) groups is 2. The molecule has 2 aromatic rings. The van der Waals surface area contributed by atoms with Crippen molar-refractivity contribution >= 4 is 29.2 Å². The van der Waals surface area contributed by atoms with Crippen LogP contribution in [0.5, 0.6) is 0 Å². The second-order valence-corrected chi connectivity index (χ2v) is 6.47. The summed E-state index contributed by atoms with van der Waals surface area (Å²) in [6.07, 6.45) is -5.40. The van der Waals surface area contributed by atoms with Crippen molar-refractivity contribution in [2.24, 2.45) is 14.1 Å². The van der Waals surface area contributed by atoms with Crippen LogP contribution in [0.3, 0.4) is 0 Å². The van der Waals surface area contributed by atoms with Crippen molar-refractivity contribution in [3.63, 3.8) is 0 Å². The number of fused-ring (bicyclic) bond motifs is 1. The number of alkyl halides is 3. The van der Waals surface area contributed by atoms with E-state index in [0.29, 0.717) is 9.13 Å². The lowest BCUT2D eigenvalue weighted by Crippen LogP contribution is -2.62. The predicted octanol–water partition coefficient (Wildman–Crippen LogP) is 0.877. The molecule has 1 unspecified atom stereocenters. The van der Waals surface area contributed by atoms with Gasteiger partial charge in [-0.25, -0.2) is 4.79 Å². The lowest BCUT2D eigenvalue weighted by atomic mass is 9.91. The molecule has 2 amide bonds. The SMILES string of the molecule is Cn1c2c(c(=O)n(C)c1=O)C(NC(=O)c1ccccc1Cl)(C(F)(F)F)C(=O)N2. The third-order valence-electron chi connectivity index (χ3n) is 4.46. The van der Waals surface area contributed by atoms with Crippen molar-refractivity contribution in [2.75, 3.05) is 5.32 Å². The fourth-order valence-corrected chi connectivity index (χ4v) is 3.21. The lowest BCUT2D eigenvalue weighted by molar-refractivity contribution is -0.196. The molecule has 0 fully saturated rings. The number of halogens is 4. The van der Waals surface area contributed by atoms with Gasteiger partial charge in [0.25, 0.3) is 22.9 Å². The van der Waals surface area contributed by atoms with Crippen LogP contribution in [0.2, 0.25) is 5.02 Å². The van der Waals surface area contributed by atoms with Gasteiger partial charge in [-0.3, -0.25) is 23.5 Å². The van der Waals surface area contributed by atoms with Crippen LogP contribution in [0, 0.1) is 0 Å². The molecule has 2 heterocycles. The van der Waals surface area contributed by atoms with E-state index < -0.39 is 46.2 Å². The lowest BCUT2D eigenvalue weighted by Gasteiger charge is -2.30. The summed E-state index contributed by atoms with van der Waals surface area (Å²) in [4.78, 5) is 49.5. The number of amides is 2. The van der Waals surface area contributed by atoms with Gasteiger partial charge in [-0.2, -0.15) is 13.2 Å². The molecule has 0 aliphatic carbocycles. The van der Waals surface area contributed by atoms with E-state index in [-0.39, 0.29) is 10.6 Å². The molecule has 148 valence electrons. The molecule has 0 saturated heterocycles. The van der Waals surface area contributed by atoms with E-state index >= 15 is 0 Å². The van der Waals surface area contributed by atoms with E-state index in [1.54, 1.807) is 5.32 Å². The highest BCUT2D eigenvalue weighted by Crippen LogP contribution is 2.45. The molecule has 0 saturated carbocycles. The number of rotatable bonds is 2. The van der Waals surface area contributed by atoms with Crippen molar-refractivity contribution in [1.29, 1.82) is 0 Å². The fourth-order valence-electron chi connectivity index (χ4n) is 2.99. The Morgan fingerprint density at radius 1 is 1.14 bits per heavy atom. The zero-order valence-electron chi connectivity index (χ0n) is 14.3. The molecule has 12 heteroatoms. The molecule has 0 radical (unpaired) electrons. The highest BCUT2D eigenvalue weighted by Gasteiger charge is 2.68. The van der Waals surface area contributed by atoms with Crippen molar-refractivity contribution in [3.05, 3.63) is 61.3 Å². The third kappa shape index (κ3) is 2.53. The molecule has 0 bridgehead atoms. The predicted molar refractivity (Wildman–Crippen MR) is 92.2 cm³/mol. The number of anilines is 1. The number of nitrogens with zero attached hydrogens (tertiary/aromatic N) is 2. The molecule has 1 aliphatic heterocycles. The molecule has 28 heavy (non-hydrogen) atoms. The van der Waals surface area contributed by atoms with Gasteiger partial charge in [0.05, 0.1) is 10.6 Å². The van der Waals surface area contributed by atoms with Crippen molar-refractivity contribution in [1.82, 2.24) is 14.5 Å². The summed E-state index contributed by atoms with van der Waals surface area (Å²) in [6.45, 7) is 0. The first kappa shape index (κ1) is 19.7. The van der Waals surface area contributed by atoms with Crippen LogP contribution in [0.15, 0.2) is 33.9 Å². The van der Waals surface area contributed by atoms with E-state index in [4.69, 9.17) is 11.6 Å². The van der Waals surface area contributed by atoms with Gasteiger partial charge in [-0.1, -0.05) is 23.7 Å². The molecule has 1 aromatic carbocycles. The highest BCUT2D eigenvalue weighted by atomic mass is 35.5. The van der Waals surface area contributed by atoms with Crippen LogP contribution in [0.25, 0.3) is 0 Å². The second kappa shape index (κ2) is 6.23. The van der Waals surface area contributed by atoms with Gasteiger partial charge in [0.15, 0.2) is 0 Å². The summed E-state index contributed by atoms with van der Waals surface area (Å²) < 4.78 is 43.5. The normalized spacial score (nSPS) is 18.6. The van der Waals surface area contributed by atoms with E-state index in [1.807, 2.05) is 5.32 Å². The largest absolute Gasteiger partial charge is 0.425 e. The molecular weight excluding hydrogens is 405 g/mol. The minimum absolute atomic E-state index is 0.149. The Hall–Kier alpha value is -3.08. The summed E-state index contributed by atoms with van der Waals surface area (Å²) in [6, 6.07) is 5.27. The number of hydrogen-bond donors (Lipinski definition) is 2. The Morgan fingerprint density at radius 3 is 2.32 bits per heavy atom. The number of aromatic nitrogens is 2. The molecule has 2 N–H and O–H groups in total. The Bertz CT molecular complexity index is 1140. The van der Waals surface area contributed by atoms with Gasteiger partial charge in [0.1, 0.15) is 11.4 Å². The molecule has 0 spiro atoms. The summed E-state index contributed by atoms with van der Waals surface area (Å²) in [5.74, 6) is -3.68. The van der Waals surface area contributed by atoms with E-state index in [9.17, 15) is 32.3 Å². The third-order valence-corrected chi connectivity index (χ3v) is 4.79. The summed E-state index contributed by atoms with van der Waals surface area (Å²) in [5.41, 5.74) is -7.43. The Labute approximate surface area is 159 Å². The minimum atomic E-state index is -5.40. The summed E-state index contributed by atoms with van der Waals surface area (Å²) >= 11 is 5.85. The van der Waals surface area contributed by atoms with Crippen molar-refractivity contribution in [2.45, 2.75) is 11.7 Å². The van der Waals surface area contributed by atoms with Crippen LogP contribution in [-0.4, -0.2) is 27.1 Å². The minimum Gasteiger partial charge on any atom is -0.326 e. The first-order valence-electron chi connectivity index (χ1n) is 7.69. The zero-order chi connectivity index (χ0) is 21.0. The molecule has 1 aliphatic rings. The van der Waals surface area contributed by atoms with E-state index in [1.165, 1.54) is 18.2 Å². The van der Waals surface area contributed by atoms with Crippen LogP contribution in [0.4, 0.5) is 19.0 Å². The van der Waals surface area contributed by atoms with Gasteiger partial charge >= 0.3 is 11.9 Å². The molecular formula is C16H12ClF3N4O4. The maximum Gasteiger partial charge on any atom is 0.425 e. The average Bonchev–Trinajstić information content (AvgIpc) is 2.92. The van der Waals surface area contributed by atoms with Crippen LogP contribution >= 0.6 is 11.6 Å². The van der Waals surface area contributed by atoms with Crippen LogP contribution in [-0.2, 0) is 24.4 Å². The monoisotopic (exact) mass is 416 g/mol. The first-order valence-corrected chi connectivity index (χ1v) is 8.07. The number of carbonyl (C=O) groups excluding carboxylic acids is 2. The topological polar surface area (TPSA) is 102 Å². The Morgan fingerprint density at radius 2 is 1.75 bits per heavy atom. The maximum atomic E-state index is 14.1. The Kier molecular flexibility index (Phi) is 4.38. The fraction of sp³-hybridized carbons (Fsp3) is 0.250. The molecule has 1 aromatic heterocycles. The number of hydrogen-bond acceptors (Lipinski definition) is 4. The second-order valence-electron chi connectivity index (χ2n) is 6.07. The smallest absolute Gasteiger partial charge is 0.326 e. The van der Waals surface area contributed by atoms with Crippen molar-refractivity contribution in [3.8, 4) is 0 Å². The molecule has 3 rings (SSSR count). The molecule has 1 atom stereocenters. The summed E-state index contributed by atoms with van der Waals surface area (Å²) in [7, 11) is 2.05. The average molecular weight is 417 g/mol. The quantitative estimate of drug-likeness (QED) is 0.758. The van der Waals surface area contributed by atoms with Gasteiger partial charge in [0, 0.05) is 14.1 Å². The Balaban J connectivity index is 2.31. The molecule has 8 nitrogen and oxygen atoms in total. The van der Waals surface area contributed by atoms with Gasteiger partial charge in [-0.15, -0.1) is 0 Å². The van der Waals surface area contributed by atoms with E-state index in [2.05, 4.69) is 0 Å². The van der Waals surface area contributed by atoms with Crippen LogP contribution < -0.4 is 21.9 Å². The number of nitrogens with one attached hydrogen (secondary N) is 2. The maximum absolute atomic E-state index is 14.1. The number of benzene rings is 1. The summed E-state index contributed by atoms with van der Waals surface area (Å²) in [5, 5.41) is 3.36. The highest BCUT2D eigenvalue weighted by molar-refractivity contribution is 6.34. The van der Waals surface area contributed by atoms with Crippen LogP contribution in [0.1, 0.15) is 15.9 Å². The standard InChI is InChI=1S/C16H12ClF3N4O4/c1-23-10-9(12(26)24(2)14(23)28)15(13(27)21-10,16(18,19)20)22-11(25)7-5-3-4-6-8(7)17/h3-6H,1-2H3,(H,21,27)(H,22,25). The van der Waals surface area contributed by atoms with Gasteiger partial charge in [-0.05, 0) is 12.1 Å². The van der Waals surface area contributed by atoms with Gasteiger partial charge in [0.2, 0.25) is 0 Å². The van der Waals surface area contributed by atoms with Crippen molar-refractivity contribution < 1.29 is 22.8 Å². The van der Waals surface area contributed by atoms with Gasteiger partial charge < -0.3 is 10.6 Å². The first-order chi connectivity index (χ1) is 12.9. The zero-order valence-corrected chi connectivity index (χ0v) is 15.1. The van der Waals surface area contributed by atoms with E-state index in [0.717, 1.165) is 20.2 Å².